The van der Waals surface area contributed by atoms with E-state index in [-0.39, 0.29) is 5.69 Å². The van der Waals surface area contributed by atoms with E-state index in [9.17, 15) is 4.79 Å². The third-order valence-corrected chi connectivity index (χ3v) is 4.75. The number of carbonyl (C=O) groups is 1. The van der Waals surface area contributed by atoms with Gasteiger partial charge in [0.2, 0.25) is 0 Å². The minimum Gasteiger partial charge on any atom is -0.497 e. The molecular formula is C17H15ClN4O2S. The van der Waals surface area contributed by atoms with E-state index in [2.05, 4.69) is 20.7 Å². The van der Waals surface area contributed by atoms with Crippen molar-refractivity contribution < 1.29 is 9.53 Å². The molecule has 3 aromatic rings. The average molecular weight is 375 g/mol. The van der Waals surface area contributed by atoms with Gasteiger partial charge in [-0.1, -0.05) is 11.6 Å². The predicted octanol–water partition coefficient (Wildman–Crippen LogP) is 3.95. The Labute approximate surface area is 153 Å². The fraction of sp³-hybridized carbons (Fsp3) is 0.118. The van der Waals surface area contributed by atoms with Crippen molar-refractivity contribution in [3.05, 3.63) is 58.1 Å². The van der Waals surface area contributed by atoms with Crippen LogP contribution < -0.4 is 10.2 Å². The highest BCUT2D eigenvalue weighted by Crippen LogP contribution is 2.29. The molecule has 2 N–H and O–H groups in total. The summed E-state index contributed by atoms with van der Waals surface area (Å²) in [6.45, 7) is 1.81. The maximum atomic E-state index is 12.2. The van der Waals surface area contributed by atoms with Crippen molar-refractivity contribution in [3.63, 3.8) is 0 Å². The fourth-order valence-electron chi connectivity index (χ4n) is 2.11. The molecule has 6 nitrogen and oxygen atoms in total. The van der Waals surface area contributed by atoms with Crippen LogP contribution in [0.15, 0.2) is 47.6 Å². The van der Waals surface area contributed by atoms with Crippen LogP contribution in [0.5, 0.6) is 5.75 Å². The number of nitrogens with zero attached hydrogens (tertiary/aromatic N) is 2. The first kappa shape index (κ1) is 17.2. The van der Waals surface area contributed by atoms with Gasteiger partial charge >= 0.3 is 0 Å². The van der Waals surface area contributed by atoms with Crippen LogP contribution in [0.2, 0.25) is 4.34 Å². The maximum Gasteiger partial charge on any atom is 0.291 e. The molecule has 0 atom stereocenters. The van der Waals surface area contributed by atoms with Crippen LogP contribution in [0.3, 0.4) is 0 Å². The molecule has 3 rings (SSSR count). The van der Waals surface area contributed by atoms with E-state index in [1.54, 1.807) is 19.2 Å². The standard InChI is InChI=1S/C17H15ClN4O2S/c1-10(11-3-5-12(24-2)6-4-11)19-22-17(23)14-9-13(20-21-14)15-7-8-16(18)25-15/h3-9H,1-2H3,(H,20,21)(H,22,23). The van der Waals surface area contributed by atoms with Gasteiger partial charge in [0, 0.05) is 0 Å². The molecule has 0 bridgehead atoms. The summed E-state index contributed by atoms with van der Waals surface area (Å²) in [7, 11) is 1.61. The van der Waals surface area contributed by atoms with Gasteiger partial charge in [-0.3, -0.25) is 9.89 Å². The topological polar surface area (TPSA) is 79.4 Å². The third-order valence-electron chi connectivity index (χ3n) is 3.48. The van der Waals surface area contributed by atoms with E-state index < -0.39 is 5.91 Å². The largest absolute Gasteiger partial charge is 0.497 e. The van der Waals surface area contributed by atoms with Crippen LogP contribution >= 0.6 is 22.9 Å². The summed E-state index contributed by atoms with van der Waals surface area (Å²) in [6, 6.07) is 12.7. The molecule has 0 spiro atoms. The van der Waals surface area contributed by atoms with E-state index in [1.807, 2.05) is 37.3 Å². The fourth-order valence-corrected chi connectivity index (χ4v) is 3.12. The number of thiophene rings is 1. The van der Waals surface area contributed by atoms with E-state index in [1.165, 1.54) is 11.3 Å². The molecule has 0 radical (unpaired) electrons. The average Bonchev–Trinajstić information content (AvgIpc) is 3.28. The van der Waals surface area contributed by atoms with Gasteiger partial charge in [0.05, 0.1) is 27.7 Å². The molecule has 0 saturated carbocycles. The molecule has 2 aromatic heterocycles. The van der Waals surface area contributed by atoms with Crippen molar-refractivity contribution in [3.8, 4) is 16.3 Å². The van der Waals surface area contributed by atoms with Gasteiger partial charge < -0.3 is 4.74 Å². The molecule has 0 aliphatic heterocycles. The Balaban J connectivity index is 1.68. The maximum absolute atomic E-state index is 12.2. The third kappa shape index (κ3) is 4.07. The Bertz CT molecular complexity index is 915. The zero-order valence-corrected chi connectivity index (χ0v) is 15.1. The van der Waals surface area contributed by atoms with Crippen LogP contribution in [0.4, 0.5) is 0 Å². The Morgan fingerprint density at radius 3 is 2.68 bits per heavy atom. The van der Waals surface area contributed by atoms with Crippen molar-refractivity contribution in [2.45, 2.75) is 6.92 Å². The monoisotopic (exact) mass is 374 g/mol. The van der Waals surface area contributed by atoms with Crippen molar-refractivity contribution in [1.82, 2.24) is 15.6 Å². The number of halogens is 1. The first-order valence-electron chi connectivity index (χ1n) is 7.37. The van der Waals surface area contributed by atoms with E-state index in [0.717, 1.165) is 21.9 Å². The summed E-state index contributed by atoms with van der Waals surface area (Å²) >= 11 is 7.33. The molecule has 8 heteroatoms. The van der Waals surface area contributed by atoms with Gasteiger partial charge in [0.1, 0.15) is 5.75 Å². The number of hydrogen-bond acceptors (Lipinski definition) is 5. The molecule has 0 aliphatic rings. The number of ether oxygens (including phenoxy) is 1. The summed E-state index contributed by atoms with van der Waals surface area (Å²) in [4.78, 5) is 13.1. The Morgan fingerprint density at radius 1 is 1.28 bits per heavy atom. The summed E-state index contributed by atoms with van der Waals surface area (Å²) < 4.78 is 5.79. The van der Waals surface area contributed by atoms with Crippen LogP contribution in [-0.4, -0.2) is 28.9 Å². The second kappa shape index (κ2) is 7.50. The molecular weight excluding hydrogens is 360 g/mol. The number of hydrogen-bond donors (Lipinski definition) is 2. The lowest BCUT2D eigenvalue weighted by atomic mass is 10.1. The normalized spacial score (nSPS) is 11.4. The molecule has 1 amide bonds. The Hall–Kier alpha value is -2.64. The van der Waals surface area contributed by atoms with Crippen molar-refractivity contribution in [2.75, 3.05) is 7.11 Å². The highest BCUT2D eigenvalue weighted by Gasteiger charge is 2.12. The van der Waals surface area contributed by atoms with Crippen molar-refractivity contribution in [2.24, 2.45) is 5.10 Å². The van der Waals surface area contributed by atoms with Gasteiger partial charge in [-0.05, 0) is 55.0 Å². The zero-order chi connectivity index (χ0) is 17.8. The Kier molecular flexibility index (Phi) is 5.16. The molecule has 25 heavy (non-hydrogen) atoms. The molecule has 0 unspecified atom stereocenters. The van der Waals surface area contributed by atoms with Gasteiger partial charge in [-0.15, -0.1) is 11.3 Å². The van der Waals surface area contributed by atoms with Crippen LogP contribution in [0, 0.1) is 0 Å². The lowest BCUT2D eigenvalue weighted by molar-refractivity contribution is 0.0950. The SMILES string of the molecule is COc1ccc(C(C)=NNC(=O)c2cc(-c3ccc(Cl)s3)[nH]n2)cc1. The number of carbonyl (C=O) groups excluding carboxylic acids is 1. The number of hydrazone groups is 1. The molecule has 1 aromatic carbocycles. The van der Waals surface area contributed by atoms with E-state index in [4.69, 9.17) is 16.3 Å². The van der Waals surface area contributed by atoms with E-state index in [0.29, 0.717) is 10.0 Å². The molecule has 0 saturated heterocycles. The highest BCUT2D eigenvalue weighted by atomic mass is 35.5. The van der Waals surface area contributed by atoms with Crippen LogP contribution in [0.1, 0.15) is 23.0 Å². The summed E-state index contributed by atoms with van der Waals surface area (Å²) in [6.07, 6.45) is 0. The number of rotatable bonds is 5. The van der Waals surface area contributed by atoms with Gasteiger partial charge in [-0.25, -0.2) is 5.43 Å². The van der Waals surface area contributed by atoms with Crippen LogP contribution in [-0.2, 0) is 0 Å². The van der Waals surface area contributed by atoms with Gasteiger partial charge in [-0.2, -0.15) is 10.2 Å². The number of aromatic nitrogens is 2. The second-order valence-corrected chi connectivity index (χ2v) is 6.85. The summed E-state index contributed by atoms with van der Waals surface area (Å²) in [5.41, 5.74) is 5.06. The first-order chi connectivity index (χ1) is 12.1. The number of methoxy groups -OCH3 is 1. The van der Waals surface area contributed by atoms with Crippen molar-refractivity contribution in [1.29, 1.82) is 0 Å². The highest BCUT2D eigenvalue weighted by molar-refractivity contribution is 7.19. The van der Waals surface area contributed by atoms with Crippen LogP contribution in [0.25, 0.3) is 10.6 Å². The minimum atomic E-state index is -0.391. The second-order valence-electron chi connectivity index (χ2n) is 5.14. The lowest BCUT2D eigenvalue weighted by Crippen LogP contribution is -2.19. The summed E-state index contributed by atoms with van der Waals surface area (Å²) in [5.74, 6) is 0.372. The van der Waals surface area contributed by atoms with Gasteiger partial charge in [0.25, 0.3) is 5.91 Å². The zero-order valence-electron chi connectivity index (χ0n) is 13.5. The molecule has 128 valence electrons. The number of aromatic amines is 1. The predicted molar refractivity (Wildman–Crippen MR) is 99.6 cm³/mol. The number of nitrogens with one attached hydrogen (secondary N) is 2. The first-order valence-corrected chi connectivity index (χ1v) is 8.56. The summed E-state index contributed by atoms with van der Waals surface area (Å²) in [5, 5.41) is 11.0. The number of benzene rings is 1. The lowest BCUT2D eigenvalue weighted by Gasteiger charge is -2.03. The molecule has 2 heterocycles. The van der Waals surface area contributed by atoms with E-state index >= 15 is 0 Å². The quantitative estimate of drug-likeness (QED) is 0.524. The number of amides is 1. The molecule has 0 aliphatic carbocycles. The minimum absolute atomic E-state index is 0.255. The smallest absolute Gasteiger partial charge is 0.291 e. The number of H-pyrrole nitrogens is 1. The Morgan fingerprint density at radius 2 is 2.04 bits per heavy atom. The molecule has 0 fully saturated rings. The van der Waals surface area contributed by atoms with Crippen molar-refractivity contribution >= 4 is 34.6 Å². The van der Waals surface area contributed by atoms with Gasteiger partial charge in [0.15, 0.2) is 5.69 Å².